The highest BCUT2D eigenvalue weighted by atomic mass is 19.4. The summed E-state index contributed by atoms with van der Waals surface area (Å²) in [6, 6.07) is 7.27. The van der Waals surface area contributed by atoms with Crippen molar-refractivity contribution >= 4 is 11.4 Å². The topological polar surface area (TPSA) is 38.0 Å². The van der Waals surface area contributed by atoms with E-state index in [1.807, 2.05) is 12.1 Å². The molecule has 0 aliphatic carbocycles. The Morgan fingerprint density at radius 2 is 1.65 bits per heavy atom. The molecule has 0 aliphatic heterocycles. The predicted octanol–water partition coefficient (Wildman–Crippen LogP) is 3.80. The van der Waals surface area contributed by atoms with Crippen LogP contribution in [0.4, 0.5) is 24.5 Å². The first kappa shape index (κ1) is 13.7. The molecule has 0 radical (unpaired) electrons. The number of alkyl halides is 3. The molecular formula is C12H17F3N2. The van der Waals surface area contributed by atoms with Crippen LogP contribution in [0.15, 0.2) is 24.3 Å². The third-order valence-electron chi connectivity index (χ3n) is 2.38. The molecule has 96 valence electrons. The van der Waals surface area contributed by atoms with Gasteiger partial charge in [-0.15, -0.1) is 0 Å². The van der Waals surface area contributed by atoms with Crippen molar-refractivity contribution in [2.75, 3.05) is 17.6 Å². The number of anilines is 2. The molecule has 2 nitrogen and oxygen atoms in total. The molecule has 3 N–H and O–H groups in total. The first-order valence-corrected chi connectivity index (χ1v) is 5.63. The molecule has 0 atom stereocenters. The summed E-state index contributed by atoms with van der Waals surface area (Å²) in [4.78, 5) is 0. The summed E-state index contributed by atoms with van der Waals surface area (Å²) in [6.45, 7) is 0.682. The molecule has 0 bridgehead atoms. The monoisotopic (exact) mass is 246 g/mol. The van der Waals surface area contributed by atoms with Gasteiger partial charge in [-0.2, -0.15) is 13.2 Å². The van der Waals surface area contributed by atoms with Crippen LogP contribution in [0.25, 0.3) is 0 Å². The molecule has 0 saturated carbocycles. The molecule has 0 aliphatic rings. The van der Waals surface area contributed by atoms with E-state index in [2.05, 4.69) is 5.32 Å². The highest BCUT2D eigenvalue weighted by Gasteiger charge is 2.25. The van der Waals surface area contributed by atoms with E-state index in [0.29, 0.717) is 18.7 Å². The zero-order chi connectivity index (χ0) is 12.7. The van der Waals surface area contributed by atoms with Crippen molar-refractivity contribution in [1.82, 2.24) is 0 Å². The number of nitrogens with one attached hydrogen (secondary N) is 1. The van der Waals surface area contributed by atoms with E-state index in [0.717, 1.165) is 12.1 Å². The van der Waals surface area contributed by atoms with Gasteiger partial charge < -0.3 is 11.1 Å². The summed E-state index contributed by atoms with van der Waals surface area (Å²) in [5.74, 6) is 0. The van der Waals surface area contributed by atoms with Gasteiger partial charge in [-0.3, -0.25) is 0 Å². The van der Waals surface area contributed by atoms with Crippen LogP contribution in [0, 0.1) is 0 Å². The van der Waals surface area contributed by atoms with Crippen LogP contribution in [-0.2, 0) is 0 Å². The lowest BCUT2D eigenvalue weighted by Crippen LogP contribution is -2.07. The third kappa shape index (κ3) is 6.71. The van der Waals surface area contributed by atoms with Crippen LogP contribution in [0.2, 0.25) is 0 Å². The third-order valence-corrected chi connectivity index (χ3v) is 2.38. The van der Waals surface area contributed by atoms with Gasteiger partial charge in [0.15, 0.2) is 0 Å². The number of hydrogen-bond acceptors (Lipinski definition) is 2. The van der Waals surface area contributed by atoms with Crippen molar-refractivity contribution < 1.29 is 13.2 Å². The number of rotatable bonds is 6. The van der Waals surface area contributed by atoms with E-state index in [1.54, 1.807) is 12.1 Å². The van der Waals surface area contributed by atoms with Crippen LogP contribution in [0.3, 0.4) is 0 Å². The molecular weight excluding hydrogens is 229 g/mol. The SMILES string of the molecule is Nc1ccc(NCCCCCC(F)(F)F)cc1. The summed E-state index contributed by atoms with van der Waals surface area (Å²) in [6.07, 6.45) is -3.19. The Balaban J connectivity index is 2.07. The molecule has 1 aromatic carbocycles. The number of nitrogens with two attached hydrogens (primary N) is 1. The minimum atomic E-state index is -4.02. The summed E-state index contributed by atoms with van der Waals surface area (Å²) in [5.41, 5.74) is 7.16. The van der Waals surface area contributed by atoms with Crippen LogP contribution < -0.4 is 11.1 Å². The van der Waals surface area contributed by atoms with Gasteiger partial charge >= 0.3 is 6.18 Å². The first-order chi connectivity index (χ1) is 7.97. The van der Waals surface area contributed by atoms with Gasteiger partial charge in [0, 0.05) is 24.3 Å². The van der Waals surface area contributed by atoms with Crippen LogP contribution >= 0.6 is 0 Å². The van der Waals surface area contributed by atoms with Crippen molar-refractivity contribution in [3.05, 3.63) is 24.3 Å². The van der Waals surface area contributed by atoms with Gasteiger partial charge in [-0.1, -0.05) is 6.42 Å². The molecule has 0 fully saturated rings. The Morgan fingerprint density at radius 3 is 2.24 bits per heavy atom. The molecule has 0 heterocycles. The summed E-state index contributed by atoms with van der Waals surface area (Å²) < 4.78 is 35.5. The van der Waals surface area contributed by atoms with Crippen molar-refractivity contribution in [3.8, 4) is 0 Å². The fraction of sp³-hybridized carbons (Fsp3) is 0.500. The minimum Gasteiger partial charge on any atom is -0.399 e. The van der Waals surface area contributed by atoms with Gasteiger partial charge in [0.2, 0.25) is 0 Å². The molecule has 1 rings (SSSR count). The molecule has 0 aromatic heterocycles. The second-order valence-corrected chi connectivity index (χ2v) is 3.97. The van der Waals surface area contributed by atoms with Crippen LogP contribution in [0.5, 0.6) is 0 Å². The van der Waals surface area contributed by atoms with Gasteiger partial charge in [-0.25, -0.2) is 0 Å². The van der Waals surface area contributed by atoms with Gasteiger partial charge in [-0.05, 0) is 37.1 Å². The maximum Gasteiger partial charge on any atom is 0.389 e. The fourth-order valence-corrected chi connectivity index (χ4v) is 1.46. The molecule has 1 aromatic rings. The van der Waals surface area contributed by atoms with Crippen molar-refractivity contribution in [2.45, 2.75) is 31.9 Å². The van der Waals surface area contributed by atoms with E-state index < -0.39 is 12.6 Å². The Hall–Kier alpha value is -1.39. The number of unbranched alkanes of at least 4 members (excludes halogenated alkanes) is 2. The zero-order valence-electron chi connectivity index (χ0n) is 9.56. The maximum absolute atomic E-state index is 11.8. The minimum absolute atomic E-state index is 0.201. The highest BCUT2D eigenvalue weighted by Crippen LogP contribution is 2.22. The summed E-state index contributed by atoms with van der Waals surface area (Å²) in [7, 11) is 0. The van der Waals surface area contributed by atoms with Crippen molar-refractivity contribution in [2.24, 2.45) is 0 Å². The predicted molar refractivity (Wildman–Crippen MR) is 63.9 cm³/mol. The Kier molecular flexibility index (Phi) is 5.12. The Labute approximate surface area is 99.0 Å². The summed E-state index contributed by atoms with van der Waals surface area (Å²) >= 11 is 0. The molecule has 0 spiro atoms. The number of hydrogen-bond donors (Lipinski definition) is 2. The van der Waals surface area contributed by atoms with Gasteiger partial charge in [0.05, 0.1) is 0 Å². The summed E-state index contributed by atoms with van der Waals surface area (Å²) in [5, 5.41) is 3.13. The van der Waals surface area contributed by atoms with E-state index in [9.17, 15) is 13.2 Å². The van der Waals surface area contributed by atoms with E-state index in [4.69, 9.17) is 5.73 Å². The fourth-order valence-electron chi connectivity index (χ4n) is 1.46. The normalized spacial score (nSPS) is 11.5. The lowest BCUT2D eigenvalue weighted by Gasteiger charge is -2.07. The second-order valence-electron chi connectivity index (χ2n) is 3.97. The van der Waals surface area contributed by atoms with E-state index in [1.165, 1.54) is 0 Å². The maximum atomic E-state index is 11.8. The molecule has 5 heteroatoms. The largest absolute Gasteiger partial charge is 0.399 e. The van der Waals surface area contributed by atoms with E-state index in [-0.39, 0.29) is 6.42 Å². The molecule has 0 amide bonds. The lowest BCUT2D eigenvalue weighted by atomic mass is 10.2. The Bertz CT molecular complexity index is 320. The van der Waals surface area contributed by atoms with Crippen LogP contribution in [-0.4, -0.2) is 12.7 Å². The van der Waals surface area contributed by atoms with Gasteiger partial charge in [0.25, 0.3) is 0 Å². The van der Waals surface area contributed by atoms with Crippen LogP contribution in [0.1, 0.15) is 25.7 Å². The first-order valence-electron chi connectivity index (χ1n) is 5.63. The second kappa shape index (κ2) is 6.37. The van der Waals surface area contributed by atoms with Crippen molar-refractivity contribution in [3.63, 3.8) is 0 Å². The molecule has 0 unspecified atom stereocenters. The molecule has 0 saturated heterocycles. The molecule has 17 heavy (non-hydrogen) atoms. The standard InChI is InChI=1S/C12H17F3N2/c13-12(14,15)8-2-1-3-9-17-11-6-4-10(16)5-7-11/h4-7,17H,1-3,8-9,16H2. The quantitative estimate of drug-likeness (QED) is 0.591. The highest BCUT2D eigenvalue weighted by molar-refractivity contribution is 5.50. The average Bonchev–Trinajstić information content (AvgIpc) is 2.24. The average molecular weight is 246 g/mol. The van der Waals surface area contributed by atoms with Gasteiger partial charge in [0.1, 0.15) is 0 Å². The number of nitrogen functional groups attached to an aromatic ring is 1. The Morgan fingerprint density at radius 1 is 1.00 bits per heavy atom. The smallest absolute Gasteiger partial charge is 0.389 e. The van der Waals surface area contributed by atoms with E-state index >= 15 is 0 Å². The van der Waals surface area contributed by atoms with Crippen molar-refractivity contribution in [1.29, 1.82) is 0 Å². The number of halogens is 3. The zero-order valence-corrected chi connectivity index (χ0v) is 9.56. The number of benzene rings is 1. The lowest BCUT2D eigenvalue weighted by molar-refractivity contribution is -0.135.